The molecule has 0 aliphatic heterocycles. The molecule has 7 nitrogen and oxygen atoms in total. The van der Waals surface area contributed by atoms with Crippen LogP contribution in [-0.2, 0) is 14.8 Å². The first-order valence-corrected chi connectivity index (χ1v) is 8.97. The van der Waals surface area contributed by atoms with Gasteiger partial charge in [-0.15, -0.1) is 0 Å². The van der Waals surface area contributed by atoms with Crippen molar-refractivity contribution in [1.82, 2.24) is 9.21 Å². The zero-order valence-electron chi connectivity index (χ0n) is 13.6. The van der Waals surface area contributed by atoms with Gasteiger partial charge in [0.1, 0.15) is 0 Å². The fourth-order valence-electron chi connectivity index (χ4n) is 1.95. The van der Waals surface area contributed by atoms with Crippen molar-refractivity contribution in [1.29, 1.82) is 5.26 Å². The first-order chi connectivity index (χ1) is 10.7. The molecule has 0 aliphatic rings. The molecule has 1 rings (SSSR count). The lowest BCUT2D eigenvalue weighted by Crippen LogP contribution is -2.38. The monoisotopic (exact) mass is 338 g/mol. The lowest BCUT2D eigenvalue weighted by atomic mass is 10.2. The van der Waals surface area contributed by atoms with Crippen molar-refractivity contribution in [3.8, 4) is 6.07 Å². The summed E-state index contributed by atoms with van der Waals surface area (Å²) in [6, 6.07) is 8.44. The second-order valence-electron chi connectivity index (χ2n) is 5.49. The summed E-state index contributed by atoms with van der Waals surface area (Å²) in [5.74, 6) is -0.435. The summed E-state index contributed by atoms with van der Waals surface area (Å²) in [4.78, 5) is 14.0. The van der Waals surface area contributed by atoms with Crippen LogP contribution in [0.1, 0.15) is 12.0 Å². The van der Waals surface area contributed by atoms with E-state index in [1.807, 2.05) is 25.1 Å². The van der Waals surface area contributed by atoms with Crippen LogP contribution in [0.3, 0.4) is 0 Å². The summed E-state index contributed by atoms with van der Waals surface area (Å²) < 4.78 is 24.7. The summed E-state index contributed by atoms with van der Waals surface area (Å²) in [7, 11) is 0.344. The molecule has 1 aromatic carbocycles. The fraction of sp³-hybridized carbons (Fsp3) is 0.467. The standard InChI is InChI=1S/C15H22N4O3S/c1-18(2)8-5-9-19(23(3,21)22)12-15(20)17-14-7-4-6-13(10-14)11-16/h4,6-7,10H,5,8-9,12H2,1-3H3,(H,17,20). The lowest BCUT2D eigenvalue weighted by molar-refractivity contribution is -0.116. The van der Waals surface area contributed by atoms with Crippen LogP contribution < -0.4 is 5.32 Å². The molecular weight excluding hydrogens is 316 g/mol. The van der Waals surface area contributed by atoms with Gasteiger partial charge in [-0.1, -0.05) is 6.07 Å². The molecule has 0 bridgehead atoms. The van der Waals surface area contributed by atoms with E-state index in [-0.39, 0.29) is 13.1 Å². The number of anilines is 1. The highest BCUT2D eigenvalue weighted by Gasteiger charge is 2.19. The molecule has 0 saturated heterocycles. The quantitative estimate of drug-likeness (QED) is 0.753. The number of amides is 1. The normalized spacial score (nSPS) is 11.5. The summed E-state index contributed by atoms with van der Waals surface area (Å²) in [5, 5.41) is 11.4. The maximum Gasteiger partial charge on any atom is 0.239 e. The summed E-state index contributed by atoms with van der Waals surface area (Å²) in [6.07, 6.45) is 1.73. The molecule has 1 amide bonds. The molecule has 1 N–H and O–H groups in total. The van der Waals surface area contributed by atoms with E-state index >= 15 is 0 Å². The number of rotatable bonds is 8. The Balaban J connectivity index is 2.67. The van der Waals surface area contributed by atoms with Crippen molar-refractivity contribution < 1.29 is 13.2 Å². The van der Waals surface area contributed by atoms with Gasteiger partial charge in [-0.05, 0) is 45.3 Å². The first-order valence-electron chi connectivity index (χ1n) is 7.12. The SMILES string of the molecule is CN(C)CCCN(CC(=O)Nc1cccc(C#N)c1)S(C)(=O)=O. The highest BCUT2D eigenvalue weighted by molar-refractivity contribution is 7.88. The molecular formula is C15H22N4O3S. The van der Waals surface area contributed by atoms with Gasteiger partial charge < -0.3 is 10.2 Å². The number of carbonyl (C=O) groups is 1. The van der Waals surface area contributed by atoms with Gasteiger partial charge in [0.15, 0.2) is 0 Å². The van der Waals surface area contributed by atoms with Crippen molar-refractivity contribution in [2.75, 3.05) is 45.3 Å². The van der Waals surface area contributed by atoms with Gasteiger partial charge in [0.25, 0.3) is 0 Å². The minimum atomic E-state index is -3.46. The molecule has 1 aromatic rings. The Morgan fingerprint density at radius 1 is 1.30 bits per heavy atom. The molecule has 8 heteroatoms. The molecule has 126 valence electrons. The van der Waals surface area contributed by atoms with Crippen LogP contribution in [-0.4, -0.2) is 63.5 Å². The van der Waals surface area contributed by atoms with Gasteiger partial charge in [-0.25, -0.2) is 8.42 Å². The predicted octanol–water partition coefficient (Wildman–Crippen LogP) is 0.710. The van der Waals surface area contributed by atoms with Crippen molar-refractivity contribution in [2.45, 2.75) is 6.42 Å². The number of hydrogen-bond donors (Lipinski definition) is 1. The van der Waals surface area contributed by atoms with Crippen molar-refractivity contribution >= 4 is 21.6 Å². The van der Waals surface area contributed by atoms with Gasteiger partial charge in [-0.3, -0.25) is 4.79 Å². The summed E-state index contributed by atoms with van der Waals surface area (Å²) >= 11 is 0. The van der Waals surface area contributed by atoms with E-state index in [1.165, 1.54) is 6.07 Å². The Labute approximate surface area is 137 Å². The Morgan fingerprint density at radius 2 is 2.00 bits per heavy atom. The third kappa shape index (κ3) is 7.23. The summed E-state index contributed by atoms with van der Waals surface area (Å²) in [6.45, 7) is 0.767. The van der Waals surface area contributed by atoms with Crippen LogP contribution >= 0.6 is 0 Å². The molecule has 0 atom stereocenters. The van der Waals surface area contributed by atoms with E-state index in [0.717, 1.165) is 17.1 Å². The zero-order valence-corrected chi connectivity index (χ0v) is 14.4. The number of nitriles is 1. The minimum absolute atomic E-state index is 0.247. The highest BCUT2D eigenvalue weighted by atomic mass is 32.2. The number of hydrogen-bond acceptors (Lipinski definition) is 5. The molecule has 0 aromatic heterocycles. The average molecular weight is 338 g/mol. The molecule has 0 unspecified atom stereocenters. The number of sulfonamides is 1. The maximum absolute atomic E-state index is 12.1. The third-order valence-corrected chi connectivity index (χ3v) is 4.33. The van der Waals surface area contributed by atoms with Crippen LogP contribution in [0, 0.1) is 11.3 Å². The van der Waals surface area contributed by atoms with Crippen molar-refractivity contribution in [2.24, 2.45) is 0 Å². The van der Waals surface area contributed by atoms with E-state index in [2.05, 4.69) is 5.32 Å². The average Bonchev–Trinajstić information content (AvgIpc) is 2.45. The topological polar surface area (TPSA) is 93.5 Å². The Kier molecular flexibility index (Phi) is 7.16. The minimum Gasteiger partial charge on any atom is -0.325 e. The molecule has 0 radical (unpaired) electrons. The van der Waals surface area contributed by atoms with Crippen LogP contribution in [0.4, 0.5) is 5.69 Å². The van der Waals surface area contributed by atoms with Crippen LogP contribution in [0.15, 0.2) is 24.3 Å². The fourth-order valence-corrected chi connectivity index (χ4v) is 2.77. The maximum atomic E-state index is 12.1. The Morgan fingerprint density at radius 3 is 2.57 bits per heavy atom. The van der Waals surface area contributed by atoms with E-state index in [9.17, 15) is 13.2 Å². The van der Waals surface area contributed by atoms with Gasteiger partial charge >= 0.3 is 0 Å². The highest BCUT2D eigenvalue weighted by Crippen LogP contribution is 2.10. The molecule has 0 fully saturated rings. The number of carbonyl (C=O) groups excluding carboxylic acids is 1. The van der Waals surface area contributed by atoms with Crippen molar-refractivity contribution in [3.63, 3.8) is 0 Å². The van der Waals surface area contributed by atoms with E-state index in [0.29, 0.717) is 17.7 Å². The largest absolute Gasteiger partial charge is 0.325 e. The molecule has 0 spiro atoms. The van der Waals surface area contributed by atoms with Gasteiger partial charge in [-0.2, -0.15) is 9.57 Å². The predicted molar refractivity (Wildman–Crippen MR) is 89.4 cm³/mol. The Bertz CT molecular complexity index is 680. The zero-order chi connectivity index (χ0) is 17.5. The lowest BCUT2D eigenvalue weighted by Gasteiger charge is -2.20. The number of nitrogens with one attached hydrogen (secondary N) is 1. The molecule has 23 heavy (non-hydrogen) atoms. The van der Waals surface area contributed by atoms with Gasteiger partial charge in [0, 0.05) is 12.2 Å². The van der Waals surface area contributed by atoms with Crippen LogP contribution in [0.25, 0.3) is 0 Å². The molecule has 0 aliphatic carbocycles. The number of nitrogens with zero attached hydrogens (tertiary/aromatic N) is 3. The van der Waals surface area contributed by atoms with E-state index in [1.54, 1.807) is 18.2 Å². The van der Waals surface area contributed by atoms with Crippen LogP contribution in [0.5, 0.6) is 0 Å². The summed E-state index contributed by atoms with van der Waals surface area (Å²) in [5.41, 5.74) is 0.893. The van der Waals surface area contributed by atoms with Gasteiger partial charge in [0.2, 0.25) is 15.9 Å². The molecule has 0 heterocycles. The van der Waals surface area contributed by atoms with E-state index in [4.69, 9.17) is 5.26 Å². The first kappa shape index (κ1) is 19.1. The smallest absolute Gasteiger partial charge is 0.239 e. The third-order valence-electron chi connectivity index (χ3n) is 3.08. The second kappa shape index (κ2) is 8.62. The van der Waals surface area contributed by atoms with E-state index < -0.39 is 15.9 Å². The van der Waals surface area contributed by atoms with Crippen molar-refractivity contribution in [3.05, 3.63) is 29.8 Å². The van der Waals surface area contributed by atoms with Crippen LogP contribution in [0.2, 0.25) is 0 Å². The Hall–Kier alpha value is -1.95. The van der Waals surface area contributed by atoms with Gasteiger partial charge in [0.05, 0.1) is 24.4 Å². The molecule has 0 saturated carbocycles. The number of benzene rings is 1. The second-order valence-corrected chi connectivity index (χ2v) is 7.48.